The van der Waals surface area contributed by atoms with Gasteiger partial charge in [0.2, 0.25) is 0 Å². The first-order chi connectivity index (χ1) is 11.4. The number of hydrogen-bond acceptors (Lipinski definition) is 3. The van der Waals surface area contributed by atoms with Gasteiger partial charge < -0.3 is 4.90 Å². The molecule has 0 amide bonds. The third-order valence-electron chi connectivity index (χ3n) is 5.19. The lowest BCUT2D eigenvalue weighted by molar-refractivity contribution is -0.122. The molecule has 1 aliphatic carbocycles. The third kappa shape index (κ3) is 2.07. The molecule has 6 heteroatoms. The molecule has 3 nitrogen and oxygen atoms in total. The van der Waals surface area contributed by atoms with E-state index in [2.05, 4.69) is 4.99 Å². The minimum atomic E-state index is -0.742. The fourth-order valence-electron chi connectivity index (χ4n) is 4.07. The van der Waals surface area contributed by atoms with Gasteiger partial charge in [0, 0.05) is 48.5 Å². The molecule has 0 bridgehead atoms. The number of likely N-dealkylation sites (tertiary alicyclic amines) is 1. The number of nitrogens with zero attached hydrogens (tertiary/aromatic N) is 2. The van der Waals surface area contributed by atoms with Crippen molar-refractivity contribution in [3.8, 4) is 0 Å². The summed E-state index contributed by atoms with van der Waals surface area (Å²) in [7, 11) is 1.83. The maximum Gasteiger partial charge on any atom is 0.147 e. The molecule has 0 radical (unpaired) electrons. The van der Waals surface area contributed by atoms with Crippen molar-refractivity contribution in [2.24, 2.45) is 10.9 Å². The predicted octanol–water partition coefficient (Wildman–Crippen LogP) is 3.76. The second-order valence-corrected chi connectivity index (χ2v) is 6.90. The van der Waals surface area contributed by atoms with Crippen LogP contribution in [0.25, 0.3) is 0 Å². The molecule has 1 aromatic carbocycles. The van der Waals surface area contributed by atoms with E-state index >= 15 is 0 Å². The van der Waals surface area contributed by atoms with Crippen LogP contribution in [0, 0.1) is 17.6 Å². The van der Waals surface area contributed by atoms with Gasteiger partial charge in [0.15, 0.2) is 0 Å². The van der Waals surface area contributed by atoms with Gasteiger partial charge in [-0.25, -0.2) is 8.78 Å². The molecule has 24 heavy (non-hydrogen) atoms. The zero-order valence-electron chi connectivity index (χ0n) is 13.0. The largest absolute Gasteiger partial charge is 0.369 e. The summed E-state index contributed by atoms with van der Waals surface area (Å²) in [5.74, 6) is -1.59. The Morgan fingerprint density at radius 2 is 2.17 bits per heavy atom. The van der Waals surface area contributed by atoms with Gasteiger partial charge in [0.1, 0.15) is 23.0 Å². The number of hydrogen-bond donors (Lipinski definition) is 0. The van der Waals surface area contributed by atoms with Gasteiger partial charge in [-0.1, -0.05) is 23.7 Å². The number of benzene rings is 1. The Morgan fingerprint density at radius 3 is 2.92 bits per heavy atom. The quantitative estimate of drug-likeness (QED) is 0.774. The zero-order chi connectivity index (χ0) is 17.1. The van der Waals surface area contributed by atoms with E-state index in [1.165, 1.54) is 12.1 Å². The molecule has 1 spiro atoms. The maximum absolute atomic E-state index is 14.3. The molecule has 1 aromatic rings. The van der Waals surface area contributed by atoms with Crippen LogP contribution in [0.5, 0.6) is 0 Å². The fraction of sp³-hybridized carbons (Fsp3) is 0.333. The van der Waals surface area contributed by atoms with Crippen molar-refractivity contribution in [2.45, 2.75) is 24.4 Å². The van der Waals surface area contributed by atoms with Crippen LogP contribution in [-0.2, 0) is 4.79 Å². The number of allylic oxidation sites excluding steroid dienone is 2. The molecular formula is C18H15ClF2N2O. The monoisotopic (exact) mass is 348 g/mol. The lowest BCUT2D eigenvalue weighted by Gasteiger charge is -2.38. The molecule has 3 atom stereocenters. The number of rotatable bonds is 1. The van der Waals surface area contributed by atoms with Crippen molar-refractivity contribution in [1.29, 1.82) is 0 Å². The highest BCUT2D eigenvalue weighted by atomic mass is 35.5. The molecule has 1 saturated heterocycles. The second kappa shape index (κ2) is 5.24. The molecule has 0 saturated carbocycles. The SMILES string of the molecule is CN1C2=CC(Cl)=CC3C(=O)CC=NC23CC1c1ccc(F)cc1F. The standard InChI is InChI=1S/C18H15ClF2N2O/c1-23-15(12-3-2-11(20)8-14(12)21)9-18-13(16(24)4-5-22-18)6-10(19)7-17(18)23/h2-3,5-8,13,15H,4,9H2,1H3. The van der Waals surface area contributed by atoms with Crippen LogP contribution in [0.1, 0.15) is 24.4 Å². The second-order valence-electron chi connectivity index (χ2n) is 6.46. The molecular weight excluding hydrogens is 334 g/mol. The molecule has 3 unspecified atom stereocenters. The fourth-order valence-corrected chi connectivity index (χ4v) is 4.30. The number of likely N-dealkylation sites (N-methyl/N-ethyl adjacent to an activating group) is 1. The number of carbonyl (C=O) groups is 1. The number of halogens is 3. The van der Waals surface area contributed by atoms with Crippen LogP contribution in [-0.4, -0.2) is 29.5 Å². The van der Waals surface area contributed by atoms with E-state index in [0.29, 0.717) is 17.0 Å². The summed E-state index contributed by atoms with van der Waals surface area (Å²) in [6.07, 6.45) is 5.89. The first-order valence-corrected chi connectivity index (χ1v) is 8.14. The Morgan fingerprint density at radius 1 is 1.38 bits per heavy atom. The first-order valence-electron chi connectivity index (χ1n) is 7.76. The molecule has 0 aromatic heterocycles. The van der Waals surface area contributed by atoms with E-state index in [0.717, 1.165) is 11.8 Å². The Kier molecular flexibility index (Phi) is 3.39. The summed E-state index contributed by atoms with van der Waals surface area (Å²) >= 11 is 6.21. The van der Waals surface area contributed by atoms with Crippen LogP contribution in [0.15, 0.2) is 46.1 Å². The minimum absolute atomic E-state index is 0.0578. The minimum Gasteiger partial charge on any atom is -0.369 e. The molecule has 2 aliphatic heterocycles. The van der Waals surface area contributed by atoms with E-state index in [-0.39, 0.29) is 18.2 Å². The van der Waals surface area contributed by atoms with Gasteiger partial charge in [-0.15, -0.1) is 0 Å². The Hall–Kier alpha value is -2.01. The number of ketones is 1. The van der Waals surface area contributed by atoms with Gasteiger partial charge in [0.05, 0.1) is 12.0 Å². The van der Waals surface area contributed by atoms with E-state index in [9.17, 15) is 13.6 Å². The summed E-state index contributed by atoms with van der Waals surface area (Å²) in [4.78, 5) is 19.0. The van der Waals surface area contributed by atoms with Crippen LogP contribution in [0.2, 0.25) is 0 Å². The van der Waals surface area contributed by atoms with Crippen LogP contribution < -0.4 is 0 Å². The van der Waals surface area contributed by atoms with Crippen LogP contribution in [0.3, 0.4) is 0 Å². The summed E-state index contributed by atoms with van der Waals surface area (Å²) in [6.45, 7) is 0. The average molecular weight is 349 g/mol. The Bertz CT molecular complexity index is 832. The van der Waals surface area contributed by atoms with Gasteiger partial charge in [-0.2, -0.15) is 0 Å². The summed E-state index contributed by atoms with van der Waals surface area (Å²) in [5, 5.41) is 0.489. The normalized spacial score (nSPS) is 31.5. The summed E-state index contributed by atoms with van der Waals surface area (Å²) < 4.78 is 27.5. The summed E-state index contributed by atoms with van der Waals surface area (Å²) in [5.41, 5.74) is 0.457. The Labute approximate surface area is 143 Å². The lowest BCUT2D eigenvalue weighted by Crippen LogP contribution is -2.44. The summed E-state index contributed by atoms with van der Waals surface area (Å²) in [6, 6.07) is 3.25. The number of Topliss-reactive ketones (excluding diaryl/α,β-unsaturated/α-hetero) is 1. The van der Waals surface area contributed by atoms with Gasteiger partial charge in [0.25, 0.3) is 0 Å². The van der Waals surface area contributed by atoms with E-state index < -0.39 is 23.1 Å². The smallest absolute Gasteiger partial charge is 0.147 e. The highest BCUT2D eigenvalue weighted by Gasteiger charge is 2.56. The predicted molar refractivity (Wildman–Crippen MR) is 87.8 cm³/mol. The van der Waals surface area contributed by atoms with Crippen LogP contribution >= 0.6 is 11.6 Å². The van der Waals surface area contributed by atoms with Crippen molar-refractivity contribution >= 4 is 23.6 Å². The van der Waals surface area contributed by atoms with Gasteiger partial charge in [-0.3, -0.25) is 9.79 Å². The van der Waals surface area contributed by atoms with E-state index in [1.54, 1.807) is 18.4 Å². The topological polar surface area (TPSA) is 32.7 Å². The van der Waals surface area contributed by atoms with Crippen molar-refractivity contribution < 1.29 is 13.6 Å². The highest BCUT2D eigenvalue weighted by molar-refractivity contribution is 6.31. The van der Waals surface area contributed by atoms with Crippen molar-refractivity contribution in [1.82, 2.24) is 4.90 Å². The maximum atomic E-state index is 14.3. The number of carbonyl (C=O) groups excluding carboxylic acids is 1. The molecule has 1 fully saturated rings. The molecule has 2 heterocycles. The van der Waals surface area contributed by atoms with Crippen LogP contribution in [0.4, 0.5) is 8.78 Å². The van der Waals surface area contributed by atoms with Gasteiger partial charge >= 0.3 is 0 Å². The lowest BCUT2D eigenvalue weighted by atomic mass is 9.72. The number of aliphatic imine (C=N–C) groups is 1. The average Bonchev–Trinajstić information content (AvgIpc) is 2.80. The first kappa shape index (κ1) is 15.5. The molecule has 0 N–H and O–H groups in total. The third-order valence-corrected chi connectivity index (χ3v) is 5.43. The molecule has 4 rings (SSSR count). The van der Waals surface area contributed by atoms with Gasteiger partial charge in [-0.05, 0) is 12.1 Å². The van der Waals surface area contributed by atoms with Crippen molar-refractivity contribution in [3.05, 3.63) is 58.3 Å². The molecule has 124 valence electrons. The molecule has 3 aliphatic rings. The van der Waals surface area contributed by atoms with E-state index in [4.69, 9.17) is 11.6 Å². The van der Waals surface area contributed by atoms with Crippen molar-refractivity contribution in [2.75, 3.05) is 7.05 Å². The van der Waals surface area contributed by atoms with Crippen molar-refractivity contribution in [3.63, 3.8) is 0 Å². The zero-order valence-corrected chi connectivity index (χ0v) is 13.7. The highest BCUT2D eigenvalue weighted by Crippen LogP contribution is 2.54. The Balaban J connectivity index is 1.84. The van der Waals surface area contributed by atoms with E-state index in [1.807, 2.05) is 11.9 Å².